The number of carbonyl (C=O) groups excluding carboxylic acids is 2. The molecule has 2 rings (SSSR count). The van der Waals surface area contributed by atoms with Crippen molar-refractivity contribution in [3.63, 3.8) is 0 Å². The number of hydrogen-bond acceptors (Lipinski definition) is 12. The van der Waals surface area contributed by atoms with E-state index in [0.717, 1.165) is 25.3 Å². The molecule has 16 nitrogen and oxygen atoms in total. The Morgan fingerprint density at radius 1 is 0.540 bits per heavy atom. The number of aromatic carboxylic acids is 2. The van der Waals surface area contributed by atoms with E-state index in [0.29, 0.717) is 24.0 Å². The van der Waals surface area contributed by atoms with Gasteiger partial charge in [-0.15, -0.1) is 0 Å². The number of benzene rings is 2. The molecule has 0 fully saturated rings. The summed E-state index contributed by atoms with van der Waals surface area (Å²) in [4.78, 5) is 63.0. The predicted octanol–water partition coefficient (Wildman–Crippen LogP) is 3.20. The summed E-state index contributed by atoms with van der Waals surface area (Å²) in [6.45, 7) is 3.44. The number of aliphatic hydroxyl groups is 4. The molecule has 2 aromatic rings. The van der Waals surface area contributed by atoms with Crippen molar-refractivity contribution in [3.05, 3.63) is 70.8 Å². The number of esters is 2. The normalized spacial score (nSPS) is 9.68. The third kappa shape index (κ3) is 28.1. The van der Waals surface area contributed by atoms with E-state index in [1.165, 1.54) is 56.7 Å². The smallest absolute Gasteiger partial charge is 0.337 e. The highest BCUT2D eigenvalue weighted by Gasteiger charge is 2.13. The maximum absolute atomic E-state index is 11.0. The minimum atomic E-state index is -1.13. The Morgan fingerprint density at radius 2 is 0.860 bits per heavy atom. The molecule has 0 aliphatic heterocycles. The SMILES string of the molecule is CC(C)(CO)CO.COC(=O)c1ccc(C(=O)OC)cc1.O=C(O)CCCCCCCC(=O)O.O=C(O)c1cccc(C(=O)O)c1.OCCO. The van der Waals surface area contributed by atoms with Crippen molar-refractivity contribution in [2.75, 3.05) is 40.6 Å². The third-order valence-electron chi connectivity index (χ3n) is 5.82. The summed E-state index contributed by atoms with van der Waals surface area (Å²) in [5.74, 6) is -4.63. The van der Waals surface area contributed by atoms with Gasteiger partial charge in [0, 0.05) is 18.3 Å². The maximum Gasteiger partial charge on any atom is 0.337 e. The van der Waals surface area contributed by atoms with E-state index < -0.39 is 35.8 Å². The van der Waals surface area contributed by atoms with E-state index in [2.05, 4.69) is 9.47 Å². The molecule has 16 heteroatoms. The van der Waals surface area contributed by atoms with Gasteiger partial charge in [0.15, 0.2) is 0 Å². The summed E-state index contributed by atoms with van der Waals surface area (Å²) < 4.78 is 9.02. The molecular weight excluding hydrogens is 664 g/mol. The number of unbranched alkanes of at least 4 members (excludes halogenated alkanes) is 4. The van der Waals surface area contributed by atoms with Crippen molar-refractivity contribution in [2.24, 2.45) is 5.41 Å². The van der Waals surface area contributed by atoms with Crippen LogP contribution in [0, 0.1) is 5.41 Å². The molecule has 50 heavy (non-hydrogen) atoms. The van der Waals surface area contributed by atoms with Gasteiger partial charge < -0.3 is 50.3 Å². The minimum Gasteiger partial charge on any atom is -0.481 e. The quantitative estimate of drug-likeness (QED) is 0.0971. The first-order valence-electron chi connectivity index (χ1n) is 15.2. The monoisotopic (exact) mass is 714 g/mol. The summed E-state index contributed by atoms with van der Waals surface area (Å²) >= 11 is 0. The van der Waals surface area contributed by atoms with Gasteiger partial charge in [0.1, 0.15) is 0 Å². The first kappa shape index (κ1) is 49.5. The van der Waals surface area contributed by atoms with Gasteiger partial charge in [-0.25, -0.2) is 19.2 Å². The molecule has 8 N–H and O–H groups in total. The number of carboxylic acid groups (broad SMARTS) is 4. The number of ether oxygens (including phenoxy) is 2. The van der Waals surface area contributed by atoms with Gasteiger partial charge in [0.2, 0.25) is 0 Å². The second kappa shape index (κ2) is 30.2. The predicted molar refractivity (Wildman–Crippen MR) is 179 cm³/mol. The van der Waals surface area contributed by atoms with E-state index in [-0.39, 0.29) is 55.8 Å². The number of aliphatic hydroxyl groups excluding tert-OH is 4. The van der Waals surface area contributed by atoms with E-state index in [1.807, 2.05) is 0 Å². The van der Waals surface area contributed by atoms with Crippen LogP contribution in [-0.4, -0.2) is 117 Å². The second-order valence-corrected chi connectivity index (χ2v) is 10.7. The van der Waals surface area contributed by atoms with Crippen LogP contribution >= 0.6 is 0 Å². The Bertz CT molecular complexity index is 1180. The van der Waals surface area contributed by atoms with E-state index >= 15 is 0 Å². The molecule has 0 aliphatic carbocycles. The topological polar surface area (TPSA) is 283 Å². The Morgan fingerprint density at radius 3 is 1.08 bits per heavy atom. The van der Waals surface area contributed by atoms with Crippen molar-refractivity contribution >= 4 is 35.8 Å². The van der Waals surface area contributed by atoms with Crippen LogP contribution in [0.1, 0.15) is 100 Å². The Hall–Kier alpha value is -4.90. The molecule has 0 saturated heterocycles. The molecule has 0 heterocycles. The summed E-state index contributed by atoms with van der Waals surface area (Å²) in [6, 6.07) is 11.2. The third-order valence-corrected chi connectivity index (χ3v) is 5.82. The zero-order valence-corrected chi connectivity index (χ0v) is 28.7. The van der Waals surface area contributed by atoms with Crippen molar-refractivity contribution in [3.8, 4) is 0 Å². The summed E-state index contributed by atoms with van der Waals surface area (Å²) in [5.41, 5.74) is 0.463. The van der Waals surface area contributed by atoms with Crippen LogP contribution in [0.4, 0.5) is 0 Å². The number of rotatable bonds is 15. The van der Waals surface area contributed by atoms with Crippen LogP contribution in [0.5, 0.6) is 0 Å². The number of aliphatic carboxylic acids is 2. The number of carboxylic acids is 4. The summed E-state index contributed by atoms with van der Waals surface area (Å²) in [5, 5.41) is 65.7. The lowest BCUT2D eigenvalue weighted by molar-refractivity contribution is -0.138. The highest BCUT2D eigenvalue weighted by atomic mass is 16.5. The van der Waals surface area contributed by atoms with E-state index in [4.69, 9.17) is 40.9 Å². The largest absolute Gasteiger partial charge is 0.481 e. The van der Waals surface area contributed by atoms with E-state index in [9.17, 15) is 28.8 Å². The average Bonchev–Trinajstić information content (AvgIpc) is 3.11. The maximum atomic E-state index is 11.0. The van der Waals surface area contributed by atoms with Crippen molar-refractivity contribution in [1.29, 1.82) is 0 Å². The lowest BCUT2D eigenvalue weighted by Gasteiger charge is -2.16. The van der Waals surface area contributed by atoms with Gasteiger partial charge in [0.25, 0.3) is 0 Å². The Labute approximate surface area is 290 Å². The molecule has 282 valence electrons. The van der Waals surface area contributed by atoms with Gasteiger partial charge >= 0.3 is 35.8 Å². The Balaban J connectivity index is -0.000000580. The molecule has 0 spiro atoms. The van der Waals surface area contributed by atoms with Crippen molar-refractivity contribution < 1.29 is 79.1 Å². The first-order chi connectivity index (χ1) is 23.5. The molecular formula is C34H50O16. The Kier molecular flexibility index (Phi) is 29.9. The molecule has 0 unspecified atom stereocenters. The second-order valence-electron chi connectivity index (χ2n) is 10.7. The standard InChI is InChI=1S/C10H10O4.C9H16O4.C8H6O4.C5H12O2.C2H6O2/c1-13-9(11)7-3-5-8(6-4-7)10(12)14-2;10-8(11)6-4-2-1-3-5-7-9(12)13;9-7(10)5-2-1-3-6(4-5)8(11)12;1-5(2,3-6)4-7;3-1-2-4/h3-6H,1-2H3;1-7H2,(H,10,11)(H,12,13);1-4H,(H,9,10)(H,11,12);6-7H,3-4H2,1-2H3;3-4H,1-2H2. The number of methoxy groups -OCH3 is 2. The van der Waals surface area contributed by atoms with Crippen LogP contribution < -0.4 is 0 Å². The van der Waals surface area contributed by atoms with Crippen molar-refractivity contribution in [2.45, 2.75) is 58.8 Å². The number of carbonyl (C=O) groups is 6. The van der Waals surface area contributed by atoms with Gasteiger partial charge in [-0.05, 0) is 55.3 Å². The molecule has 2 aromatic carbocycles. The van der Waals surface area contributed by atoms with E-state index in [1.54, 1.807) is 13.8 Å². The summed E-state index contributed by atoms with van der Waals surface area (Å²) in [7, 11) is 2.60. The van der Waals surface area contributed by atoms with Gasteiger partial charge in [-0.3, -0.25) is 9.59 Å². The molecule has 0 aromatic heterocycles. The molecule has 0 radical (unpaired) electrons. The van der Waals surface area contributed by atoms with Gasteiger partial charge in [-0.1, -0.05) is 39.2 Å². The van der Waals surface area contributed by atoms with Crippen LogP contribution in [-0.2, 0) is 19.1 Å². The molecule has 0 atom stereocenters. The fraction of sp³-hybridized carbons (Fsp3) is 0.471. The average molecular weight is 715 g/mol. The fourth-order valence-electron chi connectivity index (χ4n) is 2.90. The molecule has 0 bridgehead atoms. The van der Waals surface area contributed by atoms with Crippen LogP contribution in [0.25, 0.3) is 0 Å². The molecule has 0 amide bonds. The van der Waals surface area contributed by atoms with Crippen LogP contribution in [0.2, 0.25) is 0 Å². The minimum absolute atomic E-state index is 0.0186. The zero-order chi connectivity index (χ0) is 39.1. The highest BCUT2D eigenvalue weighted by molar-refractivity contribution is 5.94. The molecule has 0 saturated carbocycles. The zero-order valence-electron chi connectivity index (χ0n) is 28.7. The van der Waals surface area contributed by atoms with Crippen LogP contribution in [0.3, 0.4) is 0 Å². The number of hydrogen-bond donors (Lipinski definition) is 8. The summed E-state index contributed by atoms with van der Waals surface area (Å²) in [6.07, 6.45) is 4.53. The van der Waals surface area contributed by atoms with Gasteiger partial charge in [-0.2, -0.15) is 0 Å². The van der Waals surface area contributed by atoms with Gasteiger partial charge in [0.05, 0.1) is 62.9 Å². The fourth-order valence-corrected chi connectivity index (χ4v) is 2.90. The lowest BCUT2D eigenvalue weighted by Crippen LogP contribution is -2.20. The van der Waals surface area contributed by atoms with Crippen LogP contribution in [0.15, 0.2) is 48.5 Å². The lowest BCUT2D eigenvalue weighted by atomic mass is 9.97. The highest BCUT2D eigenvalue weighted by Crippen LogP contribution is 2.10. The first-order valence-corrected chi connectivity index (χ1v) is 15.2. The van der Waals surface area contributed by atoms with Crippen molar-refractivity contribution in [1.82, 2.24) is 0 Å². The molecule has 0 aliphatic rings.